The Morgan fingerprint density at radius 2 is 1.96 bits per heavy atom. The fourth-order valence-electron chi connectivity index (χ4n) is 3.11. The predicted octanol–water partition coefficient (Wildman–Crippen LogP) is 3.54. The fraction of sp³-hybridized carbons (Fsp3) is 0.625. The first-order valence-electron chi connectivity index (χ1n) is 8.02. The van der Waals surface area contributed by atoms with Crippen molar-refractivity contribution in [3.05, 3.63) is 23.5 Å². The number of rotatable bonds is 5. The molecule has 0 N–H and O–H groups in total. The van der Waals surface area contributed by atoms with E-state index in [-0.39, 0.29) is 30.7 Å². The van der Waals surface area contributed by atoms with Crippen molar-refractivity contribution < 1.29 is 30.7 Å². The van der Waals surface area contributed by atoms with Gasteiger partial charge in [0.1, 0.15) is 6.61 Å². The highest BCUT2D eigenvalue weighted by atomic mass is 32.2. The lowest BCUT2D eigenvalue weighted by Gasteiger charge is -2.38. The second kappa shape index (κ2) is 7.11. The van der Waals surface area contributed by atoms with E-state index in [0.29, 0.717) is 18.7 Å². The van der Waals surface area contributed by atoms with Crippen LogP contribution in [0.5, 0.6) is 5.75 Å². The van der Waals surface area contributed by atoms with Gasteiger partial charge in [-0.05, 0) is 45.4 Å². The molecule has 4 nitrogen and oxygen atoms in total. The number of ether oxygens (including phenoxy) is 1. The normalized spacial score (nSPS) is 18.4. The Morgan fingerprint density at radius 3 is 2.48 bits per heavy atom. The van der Waals surface area contributed by atoms with Gasteiger partial charge >= 0.3 is 5.51 Å². The molecule has 0 amide bonds. The molecule has 0 bridgehead atoms. The number of hydrogen-bond acceptors (Lipinski definition) is 4. The van der Waals surface area contributed by atoms with Crippen LogP contribution in [0.1, 0.15) is 32.8 Å². The molecule has 2 rings (SSSR count). The molecule has 0 spiro atoms. The average Bonchev–Trinajstić information content (AvgIpc) is 2.51. The molecule has 1 aromatic carbocycles. The van der Waals surface area contributed by atoms with Crippen molar-refractivity contribution in [3.63, 3.8) is 0 Å². The minimum atomic E-state index is -5.58. The minimum absolute atomic E-state index is 0.0179. The molecule has 9 heteroatoms. The maximum atomic E-state index is 14.0. The van der Waals surface area contributed by atoms with E-state index in [1.54, 1.807) is 0 Å². The SMILES string of the molecule is CCCN(C(C)C)[C@H]1COc2c(F)ccc(S(=O)(=O)C(F)(F)F)c2C1. The van der Waals surface area contributed by atoms with Crippen molar-refractivity contribution in [3.8, 4) is 5.75 Å². The zero-order valence-electron chi connectivity index (χ0n) is 14.2. The van der Waals surface area contributed by atoms with Crippen molar-refractivity contribution in [1.82, 2.24) is 4.90 Å². The quantitative estimate of drug-likeness (QED) is 0.576. The molecule has 1 aliphatic rings. The standard InChI is InChI=1S/C16H21F4NO3S/c1-4-7-21(10(2)3)11-8-12-14(25(22,23)16(18,19)20)6-5-13(17)15(12)24-9-11/h5-6,10-11H,4,7-9H2,1-3H3/t11-/m1/s1. The van der Waals surface area contributed by atoms with Crippen LogP contribution in [0.2, 0.25) is 0 Å². The summed E-state index contributed by atoms with van der Waals surface area (Å²) < 4.78 is 81.9. The molecular formula is C16H21F4NO3S. The Morgan fingerprint density at radius 1 is 1.32 bits per heavy atom. The molecule has 0 saturated heterocycles. The van der Waals surface area contributed by atoms with Crippen LogP contribution >= 0.6 is 0 Å². The van der Waals surface area contributed by atoms with E-state index in [2.05, 4.69) is 0 Å². The number of sulfone groups is 1. The van der Waals surface area contributed by atoms with Crippen LogP contribution in [0.4, 0.5) is 17.6 Å². The number of alkyl halides is 3. The van der Waals surface area contributed by atoms with Gasteiger partial charge in [0.15, 0.2) is 11.6 Å². The van der Waals surface area contributed by atoms with Gasteiger partial charge in [-0.25, -0.2) is 12.8 Å². The maximum Gasteiger partial charge on any atom is 0.501 e. The number of nitrogens with zero attached hydrogens (tertiary/aromatic N) is 1. The summed E-state index contributed by atoms with van der Waals surface area (Å²) in [6, 6.07) is 1.13. The maximum absolute atomic E-state index is 14.0. The number of fused-ring (bicyclic) bond motifs is 1. The molecule has 0 saturated carbocycles. The Bertz CT molecular complexity index is 732. The summed E-state index contributed by atoms with van der Waals surface area (Å²) in [5.41, 5.74) is -5.69. The van der Waals surface area contributed by atoms with Gasteiger partial charge in [-0.3, -0.25) is 4.90 Å². The Labute approximate surface area is 144 Å². The van der Waals surface area contributed by atoms with Crippen molar-refractivity contribution >= 4 is 9.84 Å². The van der Waals surface area contributed by atoms with E-state index < -0.39 is 31.8 Å². The van der Waals surface area contributed by atoms with Crippen LogP contribution in [-0.2, 0) is 16.3 Å². The number of benzene rings is 1. The summed E-state index contributed by atoms with van der Waals surface area (Å²) in [6.07, 6.45) is 0.800. The summed E-state index contributed by atoms with van der Waals surface area (Å²) in [5, 5.41) is 0. The molecular weight excluding hydrogens is 362 g/mol. The molecule has 25 heavy (non-hydrogen) atoms. The third kappa shape index (κ3) is 3.76. The lowest BCUT2D eigenvalue weighted by molar-refractivity contribution is -0.0437. The predicted molar refractivity (Wildman–Crippen MR) is 84.8 cm³/mol. The molecule has 0 fully saturated rings. The van der Waals surface area contributed by atoms with E-state index >= 15 is 0 Å². The number of hydrogen-bond donors (Lipinski definition) is 0. The molecule has 1 atom stereocenters. The molecule has 0 aliphatic carbocycles. The third-order valence-electron chi connectivity index (χ3n) is 4.24. The van der Waals surface area contributed by atoms with Gasteiger partial charge in [-0.1, -0.05) is 6.92 Å². The average molecular weight is 383 g/mol. The second-order valence-corrected chi connectivity index (χ2v) is 8.21. The second-order valence-electron chi connectivity index (χ2n) is 6.30. The largest absolute Gasteiger partial charge is 0.501 e. The van der Waals surface area contributed by atoms with Crippen LogP contribution in [0, 0.1) is 5.82 Å². The Balaban J connectivity index is 2.51. The number of halogens is 4. The molecule has 1 aliphatic heterocycles. The van der Waals surface area contributed by atoms with Gasteiger partial charge in [-0.15, -0.1) is 0 Å². The van der Waals surface area contributed by atoms with E-state index in [9.17, 15) is 26.0 Å². The highest BCUT2D eigenvalue weighted by Crippen LogP contribution is 2.39. The summed E-state index contributed by atoms with van der Waals surface area (Å²) in [5.74, 6) is -1.26. The molecule has 1 aromatic rings. The van der Waals surface area contributed by atoms with Crippen LogP contribution in [0.25, 0.3) is 0 Å². The molecule has 0 aromatic heterocycles. The van der Waals surface area contributed by atoms with Gasteiger partial charge in [0.25, 0.3) is 9.84 Å². The van der Waals surface area contributed by atoms with Crippen molar-refractivity contribution in [1.29, 1.82) is 0 Å². The van der Waals surface area contributed by atoms with Crippen molar-refractivity contribution in [2.45, 2.75) is 56.1 Å². The Kier molecular flexibility index (Phi) is 5.68. The first-order valence-corrected chi connectivity index (χ1v) is 9.50. The fourth-order valence-corrected chi connectivity index (χ4v) is 4.11. The van der Waals surface area contributed by atoms with E-state index in [1.165, 1.54) is 0 Å². The summed E-state index contributed by atoms with van der Waals surface area (Å²) in [4.78, 5) is 1.10. The Hall–Kier alpha value is -1.35. The topological polar surface area (TPSA) is 46.6 Å². The first kappa shape index (κ1) is 20.0. The smallest absolute Gasteiger partial charge is 0.489 e. The van der Waals surface area contributed by atoms with Crippen LogP contribution in [-0.4, -0.2) is 44.1 Å². The van der Waals surface area contributed by atoms with Gasteiger partial charge in [0, 0.05) is 17.6 Å². The van der Waals surface area contributed by atoms with Gasteiger partial charge < -0.3 is 4.74 Å². The lowest BCUT2D eigenvalue weighted by Crippen LogP contribution is -2.47. The van der Waals surface area contributed by atoms with Crippen molar-refractivity contribution in [2.24, 2.45) is 0 Å². The molecule has 142 valence electrons. The van der Waals surface area contributed by atoms with Crippen molar-refractivity contribution in [2.75, 3.05) is 13.2 Å². The highest BCUT2D eigenvalue weighted by molar-refractivity contribution is 7.92. The minimum Gasteiger partial charge on any atom is -0.489 e. The zero-order valence-corrected chi connectivity index (χ0v) is 15.0. The van der Waals surface area contributed by atoms with Crippen LogP contribution in [0.15, 0.2) is 17.0 Å². The van der Waals surface area contributed by atoms with Gasteiger partial charge in [0.05, 0.1) is 4.90 Å². The zero-order chi connectivity index (χ0) is 19.0. The van der Waals surface area contributed by atoms with Crippen LogP contribution in [0.3, 0.4) is 0 Å². The molecule has 0 radical (unpaired) electrons. The molecule has 0 unspecified atom stereocenters. The van der Waals surface area contributed by atoms with Gasteiger partial charge in [-0.2, -0.15) is 13.2 Å². The lowest BCUT2D eigenvalue weighted by atomic mass is 9.99. The van der Waals surface area contributed by atoms with Crippen LogP contribution < -0.4 is 4.74 Å². The monoisotopic (exact) mass is 383 g/mol. The summed E-state index contributed by atoms with van der Waals surface area (Å²) in [6.45, 7) is 6.61. The van der Waals surface area contributed by atoms with E-state index in [0.717, 1.165) is 6.42 Å². The highest BCUT2D eigenvalue weighted by Gasteiger charge is 2.49. The summed E-state index contributed by atoms with van der Waals surface area (Å²) in [7, 11) is -5.58. The van der Waals surface area contributed by atoms with Gasteiger partial charge in [0.2, 0.25) is 0 Å². The molecule has 1 heterocycles. The van der Waals surface area contributed by atoms with E-state index in [4.69, 9.17) is 4.74 Å². The third-order valence-corrected chi connectivity index (χ3v) is 5.81. The van der Waals surface area contributed by atoms with E-state index in [1.807, 2.05) is 25.7 Å². The first-order chi connectivity index (χ1) is 11.5. The summed E-state index contributed by atoms with van der Waals surface area (Å²) >= 11 is 0.